The van der Waals surface area contributed by atoms with Crippen LogP contribution >= 0.6 is 0 Å². The van der Waals surface area contributed by atoms with Crippen LogP contribution in [0.1, 0.15) is 18.4 Å². The molecule has 1 amide bonds. The normalized spacial score (nSPS) is 31.6. The molecule has 1 aromatic rings. The second-order valence-electron chi connectivity index (χ2n) is 5.31. The molecule has 1 saturated carbocycles. The molecule has 90 valence electrons. The van der Waals surface area contributed by atoms with Crippen molar-refractivity contribution in [2.45, 2.75) is 24.9 Å². The third kappa shape index (κ3) is 1.84. The Hall–Kier alpha value is -1.35. The molecule has 0 spiro atoms. The van der Waals surface area contributed by atoms with E-state index in [-0.39, 0.29) is 5.54 Å². The Balaban J connectivity index is 1.66. The minimum atomic E-state index is 0.0938. The number of nitrogens with zero attached hydrogens (tertiary/aromatic N) is 1. The smallest absolute Gasteiger partial charge is 0.207 e. The molecule has 0 aromatic heterocycles. The molecule has 1 aliphatic carbocycles. The molecule has 0 bridgehead atoms. The van der Waals surface area contributed by atoms with Crippen molar-refractivity contribution in [1.29, 1.82) is 0 Å². The molecule has 1 heterocycles. The molecule has 3 heteroatoms. The molecule has 2 fully saturated rings. The molecule has 17 heavy (non-hydrogen) atoms. The van der Waals surface area contributed by atoms with E-state index in [1.165, 1.54) is 12.0 Å². The molecule has 0 radical (unpaired) electrons. The van der Waals surface area contributed by atoms with E-state index in [0.717, 1.165) is 32.5 Å². The van der Waals surface area contributed by atoms with E-state index >= 15 is 0 Å². The fraction of sp³-hybridized carbons (Fsp3) is 0.500. The van der Waals surface area contributed by atoms with Crippen molar-refractivity contribution in [3.8, 4) is 0 Å². The summed E-state index contributed by atoms with van der Waals surface area (Å²) in [7, 11) is 0. The lowest BCUT2D eigenvalue weighted by Crippen LogP contribution is -2.57. The minimum absolute atomic E-state index is 0.0938. The van der Waals surface area contributed by atoms with Gasteiger partial charge in [-0.15, -0.1) is 0 Å². The summed E-state index contributed by atoms with van der Waals surface area (Å²) < 4.78 is 0. The highest BCUT2D eigenvalue weighted by molar-refractivity contribution is 5.49. The molecule has 3 rings (SSSR count). The third-order valence-electron chi connectivity index (χ3n) is 4.30. The van der Waals surface area contributed by atoms with Crippen LogP contribution in [0.4, 0.5) is 0 Å². The summed E-state index contributed by atoms with van der Waals surface area (Å²) in [6.07, 6.45) is 3.27. The van der Waals surface area contributed by atoms with Crippen LogP contribution in [0.15, 0.2) is 30.3 Å². The van der Waals surface area contributed by atoms with Gasteiger partial charge in [0.05, 0.1) is 5.54 Å². The Morgan fingerprint density at radius 2 is 2.24 bits per heavy atom. The first-order valence-electron chi connectivity index (χ1n) is 6.30. The molecule has 2 unspecified atom stereocenters. The first kappa shape index (κ1) is 10.8. The maximum Gasteiger partial charge on any atom is 0.207 e. The Kier molecular flexibility index (Phi) is 2.63. The highest BCUT2D eigenvalue weighted by Gasteiger charge is 2.52. The number of hydrogen-bond donors (Lipinski definition) is 1. The summed E-state index contributed by atoms with van der Waals surface area (Å²) in [4.78, 5) is 13.1. The van der Waals surface area contributed by atoms with Gasteiger partial charge in [-0.3, -0.25) is 9.69 Å². The molecule has 2 atom stereocenters. The molecule has 1 saturated heterocycles. The van der Waals surface area contributed by atoms with Crippen LogP contribution in [0.2, 0.25) is 0 Å². The summed E-state index contributed by atoms with van der Waals surface area (Å²) in [5, 5.41) is 3.05. The van der Waals surface area contributed by atoms with Crippen molar-refractivity contribution < 1.29 is 4.79 Å². The van der Waals surface area contributed by atoms with E-state index in [9.17, 15) is 4.79 Å². The summed E-state index contributed by atoms with van der Waals surface area (Å²) in [5.74, 6) is 0.663. The van der Waals surface area contributed by atoms with Crippen molar-refractivity contribution in [3.63, 3.8) is 0 Å². The van der Waals surface area contributed by atoms with Gasteiger partial charge in [-0.2, -0.15) is 0 Å². The average Bonchev–Trinajstić information content (AvgIpc) is 2.56. The zero-order valence-electron chi connectivity index (χ0n) is 9.93. The standard InChI is InChI=1S/C14H18N2O/c17-11-15-14-7-6-13(14)9-16(10-14)8-12-4-2-1-3-5-12/h1-5,11,13H,6-10H2,(H,15,17). The molecular weight excluding hydrogens is 212 g/mol. The van der Waals surface area contributed by atoms with Crippen LogP contribution in [-0.4, -0.2) is 29.9 Å². The van der Waals surface area contributed by atoms with Gasteiger partial charge in [0.1, 0.15) is 0 Å². The maximum absolute atomic E-state index is 10.7. The average molecular weight is 230 g/mol. The number of hydrogen-bond acceptors (Lipinski definition) is 2. The summed E-state index contributed by atoms with van der Waals surface area (Å²) in [6, 6.07) is 10.5. The summed E-state index contributed by atoms with van der Waals surface area (Å²) >= 11 is 0. The zero-order valence-corrected chi connectivity index (χ0v) is 9.93. The lowest BCUT2D eigenvalue weighted by atomic mass is 9.69. The number of benzene rings is 1. The fourth-order valence-electron chi connectivity index (χ4n) is 3.26. The molecule has 1 aromatic carbocycles. The first-order chi connectivity index (χ1) is 8.32. The number of carbonyl (C=O) groups excluding carboxylic acids is 1. The van der Waals surface area contributed by atoms with E-state index in [1.54, 1.807) is 0 Å². The molecular formula is C14H18N2O. The fourth-order valence-corrected chi connectivity index (χ4v) is 3.26. The number of likely N-dealkylation sites (tertiary alicyclic amines) is 1. The maximum atomic E-state index is 10.7. The van der Waals surface area contributed by atoms with Crippen molar-refractivity contribution in [2.24, 2.45) is 5.92 Å². The quantitative estimate of drug-likeness (QED) is 0.793. The van der Waals surface area contributed by atoms with E-state index in [2.05, 4.69) is 34.5 Å². The lowest BCUT2D eigenvalue weighted by molar-refractivity contribution is -0.112. The van der Waals surface area contributed by atoms with Gasteiger partial charge in [-0.1, -0.05) is 30.3 Å². The van der Waals surface area contributed by atoms with Crippen LogP contribution in [-0.2, 0) is 11.3 Å². The summed E-state index contributed by atoms with van der Waals surface area (Å²) in [5.41, 5.74) is 1.45. The zero-order chi connectivity index (χ0) is 11.7. The van der Waals surface area contributed by atoms with Gasteiger partial charge in [-0.25, -0.2) is 0 Å². The Morgan fingerprint density at radius 3 is 2.88 bits per heavy atom. The first-order valence-corrected chi connectivity index (χ1v) is 6.30. The van der Waals surface area contributed by atoms with E-state index in [0.29, 0.717) is 5.92 Å². The number of carbonyl (C=O) groups is 1. The van der Waals surface area contributed by atoms with E-state index < -0.39 is 0 Å². The van der Waals surface area contributed by atoms with Crippen molar-refractivity contribution in [3.05, 3.63) is 35.9 Å². The minimum Gasteiger partial charge on any atom is -0.352 e. The van der Waals surface area contributed by atoms with Crippen LogP contribution in [0, 0.1) is 5.92 Å². The van der Waals surface area contributed by atoms with Crippen LogP contribution < -0.4 is 5.32 Å². The molecule has 3 nitrogen and oxygen atoms in total. The Bertz CT molecular complexity index is 406. The van der Waals surface area contributed by atoms with Crippen molar-refractivity contribution in [2.75, 3.05) is 13.1 Å². The molecule has 2 aliphatic rings. The second kappa shape index (κ2) is 4.15. The van der Waals surface area contributed by atoms with Gasteiger partial charge in [0, 0.05) is 19.6 Å². The van der Waals surface area contributed by atoms with E-state index in [4.69, 9.17) is 0 Å². The van der Waals surface area contributed by atoms with Crippen molar-refractivity contribution >= 4 is 6.41 Å². The highest BCUT2D eigenvalue weighted by atomic mass is 16.1. The second-order valence-corrected chi connectivity index (χ2v) is 5.31. The number of nitrogens with one attached hydrogen (secondary N) is 1. The Labute approximate surface area is 102 Å². The van der Waals surface area contributed by atoms with Gasteiger partial charge < -0.3 is 5.32 Å². The van der Waals surface area contributed by atoms with Crippen LogP contribution in [0.5, 0.6) is 0 Å². The van der Waals surface area contributed by atoms with Gasteiger partial charge in [0.15, 0.2) is 0 Å². The number of fused-ring (bicyclic) bond motifs is 1. The van der Waals surface area contributed by atoms with E-state index in [1.807, 2.05) is 6.07 Å². The summed E-state index contributed by atoms with van der Waals surface area (Å²) in [6.45, 7) is 3.13. The van der Waals surface area contributed by atoms with Crippen LogP contribution in [0.3, 0.4) is 0 Å². The molecule has 1 aliphatic heterocycles. The topological polar surface area (TPSA) is 32.3 Å². The highest BCUT2D eigenvalue weighted by Crippen LogP contribution is 2.44. The lowest BCUT2D eigenvalue weighted by Gasteiger charge is -2.43. The van der Waals surface area contributed by atoms with Crippen molar-refractivity contribution in [1.82, 2.24) is 10.2 Å². The van der Waals surface area contributed by atoms with Gasteiger partial charge in [0.2, 0.25) is 6.41 Å². The predicted molar refractivity (Wildman–Crippen MR) is 66.4 cm³/mol. The number of rotatable bonds is 4. The third-order valence-corrected chi connectivity index (χ3v) is 4.30. The van der Waals surface area contributed by atoms with Gasteiger partial charge >= 0.3 is 0 Å². The predicted octanol–water partition coefficient (Wildman–Crippen LogP) is 1.40. The Morgan fingerprint density at radius 1 is 1.41 bits per heavy atom. The SMILES string of the molecule is O=CNC12CCC1CN(Cc1ccccc1)C2. The monoisotopic (exact) mass is 230 g/mol. The number of amides is 1. The largest absolute Gasteiger partial charge is 0.352 e. The van der Waals surface area contributed by atoms with Crippen LogP contribution in [0.25, 0.3) is 0 Å². The van der Waals surface area contributed by atoms with Gasteiger partial charge in [-0.05, 0) is 24.3 Å². The molecule has 1 N–H and O–H groups in total. The van der Waals surface area contributed by atoms with Gasteiger partial charge in [0.25, 0.3) is 0 Å².